The molecular formula is C18H34IN5O. The quantitative estimate of drug-likeness (QED) is 0.400. The van der Waals surface area contributed by atoms with E-state index in [1.807, 2.05) is 6.20 Å². The number of piperidine rings is 1. The van der Waals surface area contributed by atoms with Gasteiger partial charge in [-0.3, -0.25) is 0 Å². The minimum atomic E-state index is -0.0231. The number of likely N-dealkylation sites (tertiary alicyclic amines) is 1. The Morgan fingerprint density at radius 3 is 2.76 bits per heavy atom. The summed E-state index contributed by atoms with van der Waals surface area (Å²) in [5.41, 5.74) is -0.0231. The fourth-order valence-electron chi connectivity index (χ4n) is 2.90. The third-order valence-electron chi connectivity index (χ3n) is 4.29. The van der Waals surface area contributed by atoms with E-state index in [1.165, 1.54) is 19.4 Å². The fourth-order valence-corrected chi connectivity index (χ4v) is 2.90. The zero-order valence-electron chi connectivity index (χ0n) is 16.3. The van der Waals surface area contributed by atoms with Crippen molar-refractivity contribution in [2.24, 2.45) is 10.9 Å². The molecule has 0 aliphatic carbocycles. The molecule has 2 N–H and O–H groups in total. The molecule has 1 saturated heterocycles. The van der Waals surface area contributed by atoms with Crippen LogP contribution in [0.1, 0.15) is 52.2 Å². The van der Waals surface area contributed by atoms with E-state index in [0.29, 0.717) is 18.4 Å². The van der Waals surface area contributed by atoms with Crippen molar-refractivity contribution >= 4 is 29.9 Å². The minimum absolute atomic E-state index is 0. The van der Waals surface area contributed by atoms with Gasteiger partial charge >= 0.3 is 0 Å². The molecule has 2 rings (SSSR count). The number of oxazole rings is 1. The lowest BCUT2D eigenvalue weighted by molar-refractivity contribution is 0.210. The van der Waals surface area contributed by atoms with Gasteiger partial charge in [0.15, 0.2) is 5.96 Å². The summed E-state index contributed by atoms with van der Waals surface area (Å²) in [4.78, 5) is 11.3. The van der Waals surface area contributed by atoms with E-state index >= 15 is 0 Å². The van der Waals surface area contributed by atoms with Crippen molar-refractivity contribution < 1.29 is 4.42 Å². The van der Waals surface area contributed by atoms with Crippen LogP contribution in [0.25, 0.3) is 0 Å². The third kappa shape index (κ3) is 7.52. The zero-order chi connectivity index (χ0) is 17.6. The van der Waals surface area contributed by atoms with Gasteiger partial charge in [0.05, 0.1) is 6.20 Å². The Morgan fingerprint density at radius 1 is 1.40 bits per heavy atom. The minimum Gasteiger partial charge on any atom is -0.443 e. The molecule has 25 heavy (non-hydrogen) atoms. The summed E-state index contributed by atoms with van der Waals surface area (Å²) in [6, 6.07) is 0. The normalized spacial score (nSPS) is 19.4. The monoisotopic (exact) mass is 463 g/mol. The van der Waals surface area contributed by atoms with Gasteiger partial charge in [-0.2, -0.15) is 0 Å². The number of nitrogens with one attached hydrogen (secondary N) is 2. The molecule has 0 radical (unpaired) electrons. The molecule has 1 aromatic heterocycles. The number of nitrogens with zero attached hydrogens (tertiary/aromatic N) is 3. The standard InChI is InChI=1S/C18H33N5O.HI/c1-6-19-17(21-10-14-8-7-9-23(5)13-14)22-12-16-20-11-15(24-16)18(2,3)4;/h11,14H,6-10,12-13H2,1-5H3,(H2,19,21,22);1H. The first-order valence-corrected chi connectivity index (χ1v) is 9.04. The lowest BCUT2D eigenvalue weighted by Crippen LogP contribution is -2.43. The fraction of sp³-hybridized carbons (Fsp3) is 0.778. The Kier molecular flexibility index (Phi) is 9.20. The van der Waals surface area contributed by atoms with E-state index in [4.69, 9.17) is 4.42 Å². The zero-order valence-corrected chi connectivity index (χ0v) is 18.6. The lowest BCUT2D eigenvalue weighted by Gasteiger charge is -2.30. The highest BCUT2D eigenvalue weighted by molar-refractivity contribution is 14.0. The van der Waals surface area contributed by atoms with Crippen molar-refractivity contribution in [3.63, 3.8) is 0 Å². The molecule has 1 fully saturated rings. The van der Waals surface area contributed by atoms with Crippen LogP contribution in [-0.2, 0) is 12.0 Å². The Bertz CT molecular complexity index is 538. The number of hydrogen-bond donors (Lipinski definition) is 2. The maximum atomic E-state index is 5.80. The van der Waals surface area contributed by atoms with Crippen LogP contribution in [0.5, 0.6) is 0 Å². The Labute approximate surface area is 169 Å². The third-order valence-corrected chi connectivity index (χ3v) is 4.29. The van der Waals surface area contributed by atoms with Crippen LogP contribution in [-0.4, -0.2) is 49.1 Å². The van der Waals surface area contributed by atoms with Crippen LogP contribution < -0.4 is 10.6 Å². The Balaban J connectivity index is 0.00000312. The second kappa shape index (κ2) is 10.4. The van der Waals surface area contributed by atoms with E-state index in [9.17, 15) is 0 Å². The number of aromatic nitrogens is 1. The van der Waals surface area contributed by atoms with Gasteiger partial charge in [0.2, 0.25) is 5.89 Å². The number of hydrogen-bond acceptors (Lipinski definition) is 4. The predicted molar refractivity (Wildman–Crippen MR) is 114 cm³/mol. The first-order chi connectivity index (χ1) is 11.4. The second-order valence-electron chi connectivity index (χ2n) is 7.71. The molecule has 1 aliphatic heterocycles. The summed E-state index contributed by atoms with van der Waals surface area (Å²) in [6.45, 7) is 13.1. The highest BCUT2D eigenvalue weighted by Crippen LogP contribution is 2.22. The van der Waals surface area contributed by atoms with Crippen molar-refractivity contribution in [3.8, 4) is 0 Å². The molecule has 1 unspecified atom stereocenters. The molecule has 144 valence electrons. The smallest absolute Gasteiger partial charge is 0.216 e. The second-order valence-corrected chi connectivity index (χ2v) is 7.71. The maximum Gasteiger partial charge on any atom is 0.216 e. The van der Waals surface area contributed by atoms with Crippen molar-refractivity contribution in [1.82, 2.24) is 20.5 Å². The molecule has 1 aromatic rings. The average Bonchev–Trinajstić information content (AvgIpc) is 2.99. The number of guanidine groups is 1. The number of aliphatic imine (C=N–C) groups is 1. The molecule has 1 aliphatic rings. The molecule has 6 nitrogen and oxygen atoms in total. The first kappa shape index (κ1) is 22.2. The molecular weight excluding hydrogens is 429 g/mol. The summed E-state index contributed by atoms with van der Waals surface area (Å²) in [6.07, 6.45) is 4.37. The summed E-state index contributed by atoms with van der Waals surface area (Å²) in [7, 11) is 2.20. The van der Waals surface area contributed by atoms with Gasteiger partial charge in [-0.05, 0) is 39.3 Å². The van der Waals surface area contributed by atoms with E-state index in [0.717, 1.165) is 31.4 Å². The lowest BCUT2D eigenvalue weighted by atomic mass is 9.94. The van der Waals surface area contributed by atoms with Gasteiger partial charge in [-0.1, -0.05) is 20.8 Å². The molecule has 0 amide bonds. The van der Waals surface area contributed by atoms with Gasteiger partial charge < -0.3 is 20.0 Å². The number of halogens is 1. The Morgan fingerprint density at radius 2 is 2.16 bits per heavy atom. The van der Waals surface area contributed by atoms with Crippen molar-refractivity contribution in [1.29, 1.82) is 0 Å². The van der Waals surface area contributed by atoms with Crippen LogP contribution in [0.3, 0.4) is 0 Å². The van der Waals surface area contributed by atoms with Gasteiger partial charge in [-0.15, -0.1) is 24.0 Å². The molecule has 0 saturated carbocycles. The number of rotatable bonds is 5. The highest BCUT2D eigenvalue weighted by Gasteiger charge is 2.19. The van der Waals surface area contributed by atoms with E-state index in [2.05, 4.69) is 60.3 Å². The summed E-state index contributed by atoms with van der Waals surface area (Å²) >= 11 is 0. The van der Waals surface area contributed by atoms with Gasteiger partial charge in [-0.25, -0.2) is 9.98 Å². The van der Waals surface area contributed by atoms with E-state index < -0.39 is 0 Å². The van der Waals surface area contributed by atoms with Crippen molar-refractivity contribution in [2.45, 2.75) is 52.5 Å². The SMILES string of the molecule is CCNC(=NCc1ncc(C(C)(C)C)o1)NCC1CCCN(C)C1.I. The van der Waals surface area contributed by atoms with Crippen LogP contribution in [0.15, 0.2) is 15.6 Å². The van der Waals surface area contributed by atoms with Crippen LogP contribution in [0.4, 0.5) is 0 Å². The van der Waals surface area contributed by atoms with E-state index in [-0.39, 0.29) is 29.4 Å². The Hall–Kier alpha value is -0.830. The molecule has 2 heterocycles. The summed E-state index contributed by atoms with van der Waals surface area (Å²) in [5, 5.41) is 6.76. The first-order valence-electron chi connectivity index (χ1n) is 9.04. The molecule has 0 aromatic carbocycles. The van der Waals surface area contributed by atoms with Gasteiger partial charge in [0.25, 0.3) is 0 Å². The summed E-state index contributed by atoms with van der Waals surface area (Å²) < 4.78 is 5.80. The molecule has 1 atom stereocenters. The van der Waals surface area contributed by atoms with Crippen LogP contribution in [0.2, 0.25) is 0 Å². The molecule has 0 spiro atoms. The van der Waals surface area contributed by atoms with Gasteiger partial charge in [0, 0.05) is 25.0 Å². The topological polar surface area (TPSA) is 65.7 Å². The van der Waals surface area contributed by atoms with Crippen LogP contribution >= 0.6 is 24.0 Å². The largest absolute Gasteiger partial charge is 0.443 e. The predicted octanol–water partition coefficient (Wildman–Crippen LogP) is 2.99. The summed E-state index contributed by atoms with van der Waals surface area (Å²) in [5.74, 6) is 3.08. The van der Waals surface area contributed by atoms with Crippen LogP contribution in [0, 0.1) is 5.92 Å². The van der Waals surface area contributed by atoms with Crippen molar-refractivity contribution in [2.75, 3.05) is 33.2 Å². The van der Waals surface area contributed by atoms with Crippen molar-refractivity contribution in [3.05, 3.63) is 17.8 Å². The molecule has 7 heteroatoms. The maximum absolute atomic E-state index is 5.80. The molecule has 0 bridgehead atoms. The van der Waals surface area contributed by atoms with E-state index in [1.54, 1.807) is 0 Å². The highest BCUT2D eigenvalue weighted by atomic mass is 127. The van der Waals surface area contributed by atoms with Gasteiger partial charge in [0.1, 0.15) is 12.3 Å². The average molecular weight is 463 g/mol.